The lowest BCUT2D eigenvalue weighted by Gasteiger charge is -2.34. The van der Waals surface area contributed by atoms with Gasteiger partial charge in [0.2, 0.25) is 0 Å². The highest BCUT2D eigenvalue weighted by Gasteiger charge is 2.27. The summed E-state index contributed by atoms with van der Waals surface area (Å²) in [6, 6.07) is 5.04. The SMILES string of the molecule is NC(CCCCNC(=S)Nc1ccc(CC(CN(CCN(CC(=O)O)CC(=O)O)CC(=O)O)N(CC(=O)O)CC(=O)O)cc1)C(=O)O. The standard InChI is InChI=1S/C28H42N6O12S/c29-21(27(45)46)3-1-2-8-30-28(47)31-19-6-4-18(5-7-19)11-20(34(16-25(41)42)17-26(43)44)12-32(13-22(35)36)9-10-33(14-23(37)38)15-24(39)40/h4-7,20-21H,1-3,8-17,29H2,(H,35,36)(H,37,38)(H,39,40)(H,41,42)(H,43,44)(H,45,46)(H2,30,31,47). The number of nitrogens with one attached hydrogen (secondary N) is 2. The maximum atomic E-state index is 11.7. The molecule has 1 aromatic rings. The summed E-state index contributed by atoms with van der Waals surface area (Å²) in [4.78, 5) is 71.7. The Balaban J connectivity index is 3.05. The first-order valence-corrected chi connectivity index (χ1v) is 14.9. The average Bonchev–Trinajstić information content (AvgIpc) is 2.94. The fraction of sp³-hybridized carbons (Fsp3) is 0.536. The minimum atomic E-state index is -1.31. The summed E-state index contributed by atoms with van der Waals surface area (Å²) in [5, 5.41) is 61.8. The van der Waals surface area contributed by atoms with Crippen LogP contribution in [0.4, 0.5) is 5.69 Å². The number of carboxylic acid groups (broad SMARTS) is 6. The van der Waals surface area contributed by atoms with E-state index in [0.29, 0.717) is 42.2 Å². The number of unbranched alkanes of at least 4 members (excludes halogenated alkanes) is 1. The minimum Gasteiger partial charge on any atom is -0.480 e. The van der Waals surface area contributed by atoms with Crippen LogP contribution in [-0.4, -0.2) is 157 Å². The number of benzene rings is 1. The number of carbonyl (C=O) groups is 6. The first-order chi connectivity index (χ1) is 22.0. The van der Waals surface area contributed by atoms with Crippen molar-refractivity contribution in [3.63, 3.8) is 0 Å². The Hall–Kier alpha value is -4.43. The molecule has 0 spiro atoms. The molecular weight excluding hydrogens is 644 g/mol. The van der Waals surface area contributed by atoms with Crippen molar-refractivity contribution in [3.05, 3.63) is 29.8 Å². The first kappa shape index (κ1) is 40.6. The van der Waals surface area contributed by atoms with E-state index in [-0.39, 0.29) is 26.1 Å². The van der Waals surface area contributed by atoms with E-state index in [1.54, 1.807) is 24.3 Å². The van der Waals surface area contributed by atoms with E-state index in [4.69, 9.17) is 33.3 Å². The monoisotopic (exact) mass is 686 g/mol. The molecule has 0 saturated heterocycles. The Labute approximate surface area is 275 Å². The zero-order valence-corrected chi connectivity index (χ0v) is 26.4. The number of carboxylic acids is 6. The van der Waals surface area contributed by atoms with Crippen molar-refractivity contribution in [2.24, 2.45) is 5.73 Å². The van der Waals surface area contributed by atoms with E-state index in [1.807, 2.05) is 0 Å². The Bertz CT molecular complexity index is 1200. The van der Waals surface area contributed by atoms with Gasteiger partial charge in [-0.2, -0.15) is 0 Å². The molecule has 18 nitrogen and oxygen atoms in total. The smallest absolute Gasteiger partial charge is 0.320 e. The van der Waals surface area contributed by atoms with Crippen LogP contribution in [0.2, 0.25) is 0 Å². The van der Waals surface area contributed by atoms with Gasteiger partial charge in [0, 0.05) is 37.9 Å². The van der Waals surface area contributed by atoms with Gasteiger partial charge in [-0.25, -0.2) is 0 Å². The third-order valence-corrected chi connectivity index (χ3v) is 6.95. The van der Waals surface area contributed by atoms with Gasteiger partial charge in [0.15, 0.2) is 5.11 Å². The van der Waals surface area contributed by atoms with Gasteiger partial charge >= 0.3 is 35.8 Å². The summed E-state index contributed by atoms with van der Waals surface area (Å²) in [5.41, 5.74) is 6.74. The first-order valence-electron chi connectivity index (χ1n) is 14.5. The molecule has 0 aromatic heterocycles. The summed E-state index contributed by atoms with van der Waals surface area (Å²) in [6.45, 7) is -2.99. The fourth-order valence-electron chi connectivity index (χ4n) is 4.56. The van der Waals surface area contributed by atoms with Crippen LogP contribution in [0.1, 0.15) is 24.8 Å². The summed E-state index contributed by atoms with van der Waals surface area (Å²) < 4.78 is 0. The second-order valence-corrected chi connectivity index (χ2v) is 11.1. The Morgan fingerprint density at radius 3 is 1.70 bits per heavy atom. The highest BCUT2D eigenvalue weighted by Crippen LogP contribution is 2.15. The number of anilines is 1. The van der Waals surface area contributed by atoms with Gasteiger partial charge in [0.1, 0.15) is 6.04 Å². The van der Waals surface area contributed by atoms with Crippen LogP contribution >= 0.6 is 12.2 Å². The molecule has 1 aromatic carbocycles. The molecule has 0 radical (unpaired) electrons. The van der Waals surface area contributed by atoms with Crippen LogP contribution in [0.5, 0.6) is 0 Å². The second kappa shape index (κ2) is 21.4. The van der Waals surface area contributed by atoms with Gasteiger partial charge < -0.3 is 47.0 Å². The summed E-state index contributed by atoms with van der Waals surface area (Å²) >= 11 is 5.29. The van der Waals surface area contributed by atoms with E-state index in [1.165, 1.54) is 9.80 Å². The lowest BCUT2D eigenvalue weighted by atomic mass is 10.0. The Kier molecular flexibility index (Phi) is 18.5. The van der Waals surface area contributed by atoms with Crippen molar-refractivity contribution in [2.75, 3.05) is 64.2 Å². The Morgan fingerprint density at radius 2 is 1.21 bits per heavy atom. The lowest BCUT2D eigenvalue weighted by Crippen LogP contribution is -2.51. The maximum absolute atomic E-state index is 11.7. The lowest BCUT2D eigenvalue weighted by molar-refractivity contribution is -0.144. The topological polar surface area (TPSA) is 284 Å². The number of thiocarbonyl (C=S) groups is 1. The van der Waals surface area contributed by atoms with Crippen LogP contribution in [0, 0.1) is 0 Å². The summed E-state index contributed by atoms with van der Waals surface area (Å²) in [5.74, 6) is -7.48. The highest BCUT2D eigenvalue weighted by molar-refractivity contribution is 7.80. The van der Waals surface area contributed by atoms with E-state index in [9.17, 15) is 44.1 Å². The van der Waals surface area contributed by atoms with Gasteiger partial charge in [0.05, 0.1) is 32.7 Å². The molecule has 0 amide bonds. The maximum Gasteiger partial charge on any atom is 0.320 e. The fourth-order valence-corrected chi connectivity index (χ4v) is 4.78. The molecule has 19 heteroatoms. The normalized spacial score (nSPS) is 12.4. The molecule has 10 N–H and O–H groups in total. The van der Waals surface area contributed by atoms with Crippen LogP contribution in [0.25, 0.3) is 0 Å². The molecule has 0 saturated carbocycles. The molecule has 0 bridgehead atoms. The quantitative estimate of drug-likeness (QED) is 0.0431. The largest absolute Gasteiger partial charge is 0.480 e. The Morgan fingerprint density at radius 1 is 0.723 bits per heavy atom. The third kappa shape index (κ3) is 19.0. The van der Waals surface area contributed by atoms with E-state index in [2.05, 4.69) is 10.6 Å². The van der Waals surface area contributed by atoms with Crippen LogP contribution in [0.3, 0.4) is 0 Å². The molecule has 0 aliphatic carbocycles. The third-order valence-electron chi connectivity index (χ3n) is 6.70. The van der Waals surface area contributed by atoms with Crippen molar-refractivity contribution in [2.45, 2.75) is 37.8 Å². The van der Waals surface area contributed by atoms with Gasteiger partial charge in [-0.15, -0.1) is 0 Å². The van der Waals surface area contributed by atoms with Gasteiger partial charge in [-0.3, -0.25) is 43.5 Å². The zero-order valence-electron chi connectivity index (χ0n) is 25.6. The van der Waals surface area contributed by atoms with Crippen molar-refractivity contribution in [1.29, 1.82) is 0 Å². The number of hydrogen-bond donors (Lipinski definition) is 9. The second-order valence-electron chi connectivity index (χ2n) is 10.7. The summed E-state index contributed by atoms with van der Waals surface area (Å²) in [7, 11) is 0. The molecule has 1 rings (SSSR count). The van der Waals surface area contributed by atoms with Crippen molar-refractivity contribution < 1.29 is 59.4 Å². The van der Waals surface area contributed by atoms with Crippen LogP contribution in [0.15, 0.2) is 24.3 Å². The predicted molar refractivity (Wildman–Crippen MR) is 170 cm³/mol. The van der Waals surface area contributed by atoms with Gasteiger partial charge in [-0.05, 0) is 55.6 Å². The van der Waals surface area contributed by atoms with Crippen molar-refractivity contribution in [1.82, 2.24) is 20.0 Å². The van der Waals surface area contributed by atoms with Crippen LogP contribution < -0.4 is 16.4 Å². The number of nitrogens with two attached hydrogens (primary N) is 1. The molecule has 0 fully saturated rings. The van der Waals surface area contributed by atoms with E-state index in [0.717, 1.165) is 4.90 Å². The predicted octanol–water partition coefficient (Wildman–Crippen LogP) is -1.20. The van der Waals surface area contributed by atoms with E-state index >= 15 is 0 Å². The van der Waals surface area contributed by atoms with Gasteiger partial charge in [-0.1, -0.05) is 12.1 Å². The molecule has 262 valence electrons. The summed E-state index contributed by atoms with van der Waals surface area (Å²) in [6.07, 6.45) is 1.67. The number of hydrogen-bond acceptors (Lipinski definition) is 11. The highest BCUT2D eigenvalue weighted by atomic mass is 32.1. The number of rotatable bonds is 25. The van der Waals surface area contributed by atoms with E-state index < -0.39 is 80.6 Å². The molecule has 0 aliphatic rings. The minimum absolute atomic E-state index is 0.100. The molecular formula is C28H42N6O12S. The van der Waals surface area contributed by atoms with Crippen molar-refractivity contribution in [3.8, 4) is 0 Å². The molecule has 0 heterocycles. The zero-order chi connectivity index (χ0) is 35.5. The molecule has 2 atom stereocenters. The number of aliphatic carboxylic acids is 6. The molecule has 2 unspecified atom stereocenters. The molecule has 47 heavy (non-hydrogen) atoms. The number of nitrogens with zero attached hydrogens (tertiary/aromatic N) is 3. The average molecular weight is 687 g/mol. The van der Waals surface area contributed by atoms with Crippen LogP contribution in [-0.2, 0) is 35.2 Å². The molecule has 0 aliphatic heterocycles. The van der Waals surface area contributed by atoms with Gasteiger partial charge in [0.25, 0.3) is 0 Å². The van der Waals surface area contributed by atoms with Crippen molar-refractivity contribution >= 4 is 58.8 Å².